The van der Waals surface area contributed by atoms with Crippen molar-refractivity contribution in [1.82, 2.24) is 0 Å². The molecule has 0 aliphatic rings. The molecule has 0 saturated carbocycles. The summed E-state index contributed by atoms with van der Waals surface area (Å²) in [7, 11) is 0. The van der Waals surface area contributed by atoms with Crippen LogP contribution in [-0.4, -0.2) is 22.7 Å². The van der Waals surface area contributed by atoms with Gasteiger partial charge in [-0.25, -0.2) is 0 Å². The van der Waals surface area contributed by atoms with Crippen molar-refractivity contribution in [2.45, 2.75) is 13.2 Å². The van der Waals surface area contributed by atoms with E-state index in [9.17, 15) is 0 Å². The maximum atomic E-state index is 8.90. The van der Waals surface area contributed by atoms with E-state index in [0.29, 0.717) is 17.7 Å². The molecular weight excluding hydrogens is 182 g/mol. The molecule has 14 heavy (non-hydrogen) atoms. The zero-order valence-electron chi connectivity index (χ0n) is 7.90. The van der Waals surface area contributed by atoms with Crippen LogP contribution in [0.1, 0.15) is 24.3 Å². The first-order chi connectivity index (χ1) is 6.65. The number of aliphatic hydroxyl groups is 2. The van der Waals surface area contributed by atoms with Gasteiger partial charge in [0.1, 0.15) is 0 Å². The fourth-order valence-corrected chi connectivity index (χ4v) is 1.07. The zero-order valence-corrected chi connectivity index (χ0v) is 7.90. The molecule has 0 radical (unpaired) electrons. The molecule has 76 valence electrons. The van der Waals surface area contributed by atoms with Crippen LogP contribution >= 0.6 is 0 Å². The van der Waals surface area contributed by atoms with Gasteiger partial charge in [-0.05, 0) is 19.1 Å². The Bertz CT molecular complexity index is 323. The first kappa shape index (κ1) is 10.7. The second kappa shape index (κ2) is 4.74. The molecule has 0 aromatic heterocycles. The predicted molar refractivity (Wildman–Crippen MR) is 52.1 cm³/mol. The van der Waals surface area contributed by atoms with Gasteiger partial charge in [-0.15, -0.1) is 0 Å². The van der Waals surface area contributed by atoms with Crippen LogP contribution in [0.5, 0.6) is 0 Å². The molecule has 0 atom stereocenters. The van der Waals surface area contributed by atoms with E-state index in [1.54, 1.807) is 25.1 Å². The lowest BCUT2D eigenvalue weighted by molar-refractivity contribution is -0.0424. The van der Waals surface area contributed by atoms with Gasteiger partial charge >= 0.3 is 0 Å². The Morgan fingerprint density at radius 2 is 2.21 bits per heavy atom. The summed E-state index contributed by atoms with van der Waals surface area (Å²) in [5.41, 5.74) is 0.893. The molecule has 4 heteroatoms. The molecule has 0 saturated heterocycles. The third-order valence-corrected chi connectivity index (χ3v) is 1.74. The molecule has 4 nitrogen and oxygen atoms in total. The molecule has 1 aromatic carbocycles. The van der Waals surface area contributed by atoms with Gasteiger partial charge in [0.25, 0.3) is 0 Å². The van der Waals surface area contributed by atoms with Crippen molar-refractivity contribution in [3.8, 4) is 0 Å². The van der Waals surface area contributed by atoms with Crippen molar-refractivity contribution in [2.75, 3.05) is 6.61 Å². The summed E-state index contributed by atoms with van der Waals surface area (Å²) >= 11 is 0. The van der Waals surface area contributed by atoms with Crippen molar-refractivity contribution in [2.24, 2.45) is 0 Å². The Balaban J connectivity index is 2.88. The maximum absolute atomic E-state index is 8.90. The molecule has 3 N–H and O–H groups in total. The third-order valence-electron chi connectivity index (χ3n) is 1.74. The van der Waals surface area contributed by atoms with Crippen LogP contribution < -0.4 is 0 Å². The first-order valence-corrected chi connectivity index (χ1v) is 4.33. The Kier molecular flexibility index (Phi) is 3.62. The lowest BCUT2D eigenvalue weighted by Gasteiger charge is -2.07. The number of aliphatic hydroxyl groups excluding tert-OH is 1. The molecule has 0 spiro atoms. The fraction of sp³-hybridized carbons (Fsp3) is 0.300. The van der Waals surface area contributed by atoms with E-state index >= 15 is 0 Å². The van der Waals surface area contributed by atoms with Gasteiger partial charge in [-0.2, -0.15) is 0 Å². The van der Waals surface area contributed by atoms with Crippen molar-refractivity contribution >= 4 is 5.90 Å². The standard InChI is InChI=1S/C10H13NO3/c1-2-14-9(11)7-4-3-5-8(6-7)10(12)13/h3-6,10-13H,2H2,1H3. The smallest absolute Gasteiger partial charge is 0.213 e. The minimum Gasteiger partial charge on any atom is -0.478 e. The molecule has 0 aliphatic heterocycles. The monoisotopic (exact) mass is 195 g/mol. The lowest BCUT2D eigenvalue weighted by Crippen LogP contribution is -2.06. The lowest BCUT2D eigenvalue weighted by atomic mass is 10.1. The van der Waals surface area contributed by atoms with Gasteiger partial charge in [0.15, 0.2) is 6.29 Å². The average molecular weight is 195 g/mol. The van der Waals surface area contributed by atoms with E-state index in [-0.39, 0.29) is 5.90 Å². The van der Waals surface area contributed by atoms with Crippen LogP contribution in [-0.2, 0) is 4.74 Å². The van der Waals surface area contributed by atoms with Crippen LogP contribution in [0.3, 0.4) is 0 Å². The van der Waals surface area contributed by atoms with Crippen molar-refractivity contribution < 1.29 is 14.9 Å². The number of hydrogen-bond acceptors (Lipinski definition) is 4. The van der Waals surface area contributed by atoms with Crippen molar-refractivity contribution in [3.05, 3.63) is 35.4 Å². The van der Waals surface area contributed by atoms with Gasteiger partial charge in [0, 0.05) is 11.1 Å². The van der Waals surface area contributed by atoms with Crippen molar-refractivity contribution in [3.63, 3.8) is 0 Å². The van der Waals surface area contributed by atoms with Gasteiger partial charge < -0.3 is 14.9 Å². The quantitative estimate of drug-likeness (QED) is 0.383. The van der Waals surface area contributed by atoms with Gasteiger partial charge in [0.2, 0.25) is 5.90 Å². The second-order valence-electron chi connectivity index (χ2n) is 2.76. The van der Waals surface area contributed by atoms with Crippen LogP contribution in [0, 0.1) is 5.41 Å². The Morgan fingerprint density at radius 3 is 2.79 bits per heavy atom. The highest BCUT2D eigenvalue weighted by Crippen LogP contribution is 2.12. The largest absolute Gasteiger partial charge is 0.478 e. The molecule has 0 unspecified atom stereocenters. The molecule has 0 bridgehead atoms. The van der Waals surface area contributed by atoms with Crippen molar-refractivity contribution in [1.29, 1.82) is 5.41 Å². The Labute approximate surface area is 82.3 Å². The zero-order chi connectivity index (χ0) is 10.6. The van der Waals surface area contributed by atoms with Crippen LogP contribution in [0.4, 0.5) is 0 Å². The predicted octanol–water partition coefficient (Wildman–Crippen LogP) is 1.03. The third kappa shape index (κ3) is 2.55. The van der Waals surface area contributed by atoms with E-state index in [1.807, 2.05) is 0 Å². The van der Waals surface area contributed by atoms with E-state index in [2.05, 4.69) is 0 Å². The molecule has 0 aliphatic carbocycles. The van der Waals surface area contributed by atoms with E-state index in [1.165, 1.54) is 6.07 Å². The van der Waals surface area contributed by atoms with Gasteiger partial charge in [0.05, 0.1) is 6.61 Å². The summed E-state index contributed by atoms with van der Waals surface area (Å²) in [6.45, 7) is 2.21. The topological polar surface area (TPSA) is 73.5 Å². The number of ether oxygens (including phenoxy) is 1. The second-order valence-corrected chi connectivity index (χ2v) is 2.76. The molecule has 1 aromatic rings. The number of benzene rings is 1. The molecule has 0 fully saturated rings. The van der Waals surface area contributed by atoms with Crippen LogP contribution in [0.15, 0.2) is 24.3 Å². The highest BCUT2D eigenvalue weighted by Gasteiger charge is 2.06. The maximum Gasteiger partial charge on any atom is 0.213 e. The van der Waals surface area contributed by atoms with Gasteiger partial charge in [-0.1, -0.05) is 12.1 Å². The van der Waals surface area contributed by atoms with Gasteiger partial charge in [-0.3, -0.25) is 5.41 Å². The summed E-state index contributed by atoms with van der Waals surface area (Å²) in [5.74, 6) is 0.0370. The number of rotatable bonds is 3. The first-order valence-electron chi connectivity index (χ1n) is 4.33. The summed E-state index contributed by atoms with van der Waals surface area (Å²) < 4.78 is 4.98. The minimum atomic E-state index is -1.51. The summed E-state index contributed by atoms with van der Waals surface area (Å²) in [4.78, 5) is 0. The molecular formula is C10H13NO3. The van der Waals surface area contributed by atoms with E-state index in [4.69, 9.17) is 20.4 Å². The number of nitrogens with one attached hydrogen (secondary N) is 1. The SMILES string of the molecule is CCOC(=N)c1cccc(C(O)O)c1. The summed E-state index contributed by atoms with van der Waals surface area (Å²) in [6.07, 6.45) is -1.51. The normalized spacial score (nSPS) is 10.3. The highest BCUT2D eigenvalue weighted by molar-refractivity contribution is 5.91. The molecule has 0 heterocycles. The number of hydrogen-bond donors (Lipinski definition) is 3. The highest BCUT2D eigenvalue weighted by atomic mass is 16.5. The Morgan fingerprint density at radius 1 is 1.50 bits per heavy atom. The molecule has 0 amide bonds. The Hall–Kier alpha value is -1.39. The van der Waals surface area contributed by atoms with E-state index in [0.717, 1.165) is 0 Å². The average Bonchev–Trinajstić information content (AvgIpc) is 2.18. The van der Waals surface area contributed by atoms with E-state index < -0.39 is 6.29 Å². The van der Waals surface area contributed by atoms with Crippen LogP contribution in [0.25, 0.3) is 0 Å². The summed E-state index contributed by atoms with van der Waals surface area (Å²) in [5, 5.41) is 25.3. The fourth-order valence-electron chi connectivity index (χ4n) is 1.07. The molecule has 1 rings (SSSR count). The van der Waals surface area contributed by atoms with Crippen LogP contribution in [0.2, 0.25) is 0 Å². The minimum absolute atomic E-state index is 0.0370. The summed E-state index contributed by atoms with van der Waals surface area (Å²) in [6, 6.07) is 6.43.